The zero-order valence-corrected chi connectivity index (χ0v) is 6.11. The highest BCUT2D eigenvalue weighted by molar-refractivity contribution is 5.75. The van der Waals surface area contributed by atoms with E-state index in [0.717, 1.165) is 0 Å². The van der Waals surface area contributed by atoms with Gasteiger partial charge < -0.3 is 4.98 Å². The van der Waals surface area contributed by atoms with Gasteiger partial charge in [-0.1, -0.05) is 6.42 Å². The lowest BCUT2D eigenvalue weighted by atomic mass is 10.4. The lowest BCUT2D eigenvalue weighted by Crippen LogP contribution is -2.08. The van der Waals surface area contributed by atoms with Crippen molar-refractivity contribution in [3.8, 4) is 12.5 Å². The molecule has 58 valence electrons. The fourth-order valence-corrected chi connectivity index (χ4v) is 1.07. The standard InChI is InChI=1S/C8H5N3O/c1-2-11-5-10-8(12)6-3-4-9-7(6)11/h1,3-5,9H. The van der Waals surface area contributed by atoms with E-state index in [1.54, 1.807) is 12.3 Å². The van der Waals surface area contributed by atoms with Gasteiger partial charge in [0.1, 0.15) is 12.0 Å². The topological polar surface area (TPSA) is 50.7 Å². The maximum Gasteiger partial charge on any atom is 0.282 e. The van der Waals surface area contributed by atoms with Crippen molar-refractivity contribution in [2.45, 2.75) is 0 Å². The number of fused-ring (bicyclic) bond motifs is 1. The molecule has 0 saturated heterocycles. The first-order valence-electron chi connectivity index (χ1n) is 3.34. The Labute approximate surface area is 67.9 Å². The van der Waals surface area contributed by atoms with Gasteiger partial charge in [-0.05, 0) is 6.07 Å². The summed E-state index contributed by atoms with van der Waals surface area (Å²) in [4.78, 5) is 17.6. The minimum Gasteiger partial charge on any atom is -0.347 e. The van der Waals surface area contributed by atoms with Gasteiger partial charge in [0.2, 0.25) is 0 Å². The van der Waals surface area contributed by atoms with Crippen LogP contribution < -0.4 is 5.56 Å². The fourth-order valence-electron chi connectivity index (χ4n) is 1.07. The van der Waals surface area contributed by atoms with Crippen LogP contribution in [0.15, 0.2) is 23.4 Å². The van der Waals surface area contributed by atoms with Crippen molar-refractivity contribution in [3.05, 3.63) is 28.9 Å². The van der Waals surface area contributed by atoms with Crippen LogP contribution in [0.1, 0.15) is 0 Å². The molecule has 12 heavy (non-hydrogen) atoms. The number of H-pyrrole nitrogens is 1. The summed E-state index contributed by atoms with van der Waals surface area (Å²) < 4.78 is 1.43. The summed E-state index contributed by atoms with van der Waals surface area (Å²) in [7, 11) is 0. The quantitative estimate of drug-likeness (QED) is 0.557. The van der Waals surface area contributed by atoms with E-state index in [1.807, 2.05) is 0 Å². The average molecular weight is 159 g/mol. The molecule has 0 fully saturated rings. The van der Waals surface area contributed by atoms with Crippen LogP contribution in [0.4, 0.5) is 0 Å². The van der Waals surface area contributed by atoms with Gasteiger partial charge in [0.15, 0.2) is 0 Å². The number of nitrogens with zero attached hydrogens (tertiary/aromatic N) is 2. The zero-order valence-electron chi connectivity index (χ0n) is 6.11. The minimum absolute atomic E-state index is 0.266. The summed E-state index contributed by atoms with van der Waals surface area (Å²) in [6, 6.07) is 4.02. The number of terminal acetylenes is 1. The molecule has 0 saturated carbocycles. The molecule has 0 atom stereocenters. The molecule has 0 spiro atoms. The Balaban J connectivity index is 3.04. The summed E-state index contributed by atoms with van der Waals surface area (Å²) in [5.41, 5.74) is 0.343. The van der Waals surface area contributed by atoms with E-state index in [4.69, 9.17) is 6.42 Å². The molecule has 0 aliphatic carbocycles. The van der Waals surface area contributed by atoms with Gasteiger partial charge in [0.05, 0.1) is 5.39 Å². The largest absolute Gasteiger partial charge is 0.347 e. The zero-order chi connectivity index (χ0) is 8.55. The lowest BCUT2D eigenvalue weighted by molar-refractivity contribution is 1.04. The Morgan fingerprint density at radius 1 is 1.67 bits per heavy atom. The number of hydrogen-bond donors (Lipinski definition) is 1. The lowest BCUT2D eigenvalue weighted by Gasteiger charge is -1.94. The average Bonchev–Trinajstić information content (AvgIpc) is 2.54. The molecule has 4 nitrogen and oxygen atoms in total. The molecule has 0 bridgehead atoms. The Hall–Kier alpha value is -2.02. The highest BCUT2D eigenvalue weighted by atomic mass is 16.1. The van der Waals surface area contributed by atoms with Gasteiger partial charge in [-0.15, -0.1) is 0 Å². The van der Waals surface area contributed by atoms with E-state index >= 15 is 0 Å². The molecule has 0 aromatic carbocycles. The normalized spacial score (nSPS) is 9.92. The smallest absolute Gasteiger partial charge is 0.282 e. The SMILES string of the molecule is C#Cn1cnc(=O)c2cc[nH]c21. The van der Waals surface area contributed by atoms with Gasteiger partial charge in [0, 0.05) is 12.2 Å². The van der Waals surface area contributed by atoms with Crippen molar-refractivity contribution in [1.82, 2.24) is 14.5 Å². The predicted octanol–water partition coefficient (Wildman–Crippen LogP) is 0.163. The van der Waals surface area contributed by atoms with Crippen LogP contribution in [0.3, 0.4) is 0 Å². The van der Waals surface area contributed by atoms with Crippen LogP contribution in [0, 0.1) is 12.5 Å². The van der Waals surface area contributed by atoms with Crippen LogP contribution >= 0.6 is 0 Å². The van der Waals surface area contributed by atoms with Crippen molar-refractivity contribution in [1.29, 1.82) is 0 Å². The molecule has 1 N–H and O–H groups in total. The third kappa shape index (κ3) is 0.736. The maximum absolute atomic E-state index is 11.1. The molecule has 2 aromatic heterocycles. The van der Waals surface area contributed by atoms with E-state index in [2.05, 4.69) is 16.0 Å². The van der Waals surface area contributed by atoms with E-state index in [-0.39, 0.29) is 5.56 Å². The molecular weight excluding hydrogens is 154 g/mol. The van der Waals surface area contributed by atoms with Crippen molar-refractivity contribution >= 4 is 11.0 Å². The van der Waals surface area contributed by atoms with Crippen molar-refractivity contribution in [2.24, 2.45) is 0 Å². The van der Waals surface area contributed by atoms with Gasteiger partial charge >= 0.3 is 0 Å². The summed E-state index contributed by atoms with van der Waals surface area (Å²) in [6.07, 6.45) is 8.15. The van der Waals surface area contributed by atoms with Gasteiger partial charge in [-0.25, -0.2) is 4.57 Å². The maximum atomic E-state index is 11.1. The van der Waals surface area contributed by atoms with E-state index in [9.17, 15) is 4.79 Å². The minimum atomic E-state index is -0.266. The summed E-state index contributed by atoms with van der Waals surface area (Å²) >= 11 is 0. The number of aromatic amines is 1. The first kappa shape index (κ1) is 6.68. The highest BCUT2D eigenvalue weighted by Crippen LogP contribution is 2.03. The van der Waals surface area contributed by atoms with Gasteiger partial charge in [0.25, 0.3) is 5.56 Å². The highest BCUT2D eigenvalue weighted by Gasteiger charge is 2.01. The molecule has 0 amide bonds. The molecule has 4 heteroatoms. The number of nitrogens with one attached hydrogen (secondary N) is 1. The van der Waals surface area contributed by atoms with Gasteiger partial charge in [-0.3, -0.25) is 4.79 Å². The predicted molar refractivity (Wildman–Crippen MR) is 44.6 cm³/mol. The monoisotopic (exact) mass is 159 g/mol. The van der Waals surface area contributed by atoms with Gasteiger partial charge in [-0.2, -0.15) is 4.98 Å². The number of aromatic nitrogens is 3. The Morgan fingerprint density at radius 2 is 2.50 bits per heavy atom. The van der Waals surface area contributed by atoms with Crippen LogP contribution in [0.5, 0.6) is 0 Å². The fraction of sp³-hybridized carbons (Fsp3) is 0. The third-order valence-corrected chi connectivity index (χ3v) is 1.63. The Morgan fingerprint density at radius 3 is 3.25 bits per heavy atom. The number of hydrogen-bond acceptors (Lipinski definition) is 2. The molecule has 2 aromatic rings. The van der Waals surface area contributed by atoms with Crippen LogP contribution in [-0.4, -0.2) is 14.5 Å². The van der Waals surface area contributed by atoms with Crippen molar-refractivity contribution < 1.29 is 0 Å². The summed E-state index contributed by atoms with van der Waals surface area (Å²) in [5, 5.41) is 0.510. The second-order valence-electron chi connectivity index (χ2n) is 2.29. The Kier molecular flexibility index (Phi) is 1.25. The molecule has 0 unspecified atom stereocenters. The molecule has 2 rings (SSSR count). The van der Waals surface area contributed by atoms with E-state index in [1.165, 1.54) is 10.9 Å². The van der Waals surface area contributed by atoms with Crippen molar-refractivity contribution in [3.63, 3.8) is 0 Å². The van der Waals surface area contributed by atoms with Crippen LogP contribution in [0.2, 0.25) is 0 Å². The molecule has 2 heterocycles. The Bertz CT molecular complexity index is 515. The molecule has 0 aliphatic heterocycles. The summed E-state index contributed by atoms with van der Waals surface area (Å²) in [6.45, 7) is 0. The molecule has 0 radical (unpaired) electrons. The third-order valence-electron chi connectivity index (χ3n) is 1.63. The molecule has 0 aliphatic rings. The van der Waals surface area contributed by atoms with Crippen molar-refractivity contribution in [2.75, 3.05) is 0 Å². The second-order valence-corrected chi connectivity index (χ2v) is 2.29. The first-order chi connectivity index (χ1) is 5.83. The first-order valence-corrected chi connectivity index (χ1v) is 3.34. The van der Waals surface area contributed by atoms with E-state index < -0.39 is 0 Å². The summed E-state index contributed by atoms with van der Waals surface area (Å²) in [5.74, 6) is 0. The second kappa shape index (κ2) is 2.24. The number of rotatable bonds is 0. The molecular formula is C8H5N3O. The van der Waals surface area contributed by atoms with Crippen LogP contribution in [0.25, 0.3) is 11.0 Å². The van der Waals surface area contributed by atoms with E-state index in [0.29, 0.717) is 11.0 Å². The van der Waals surface area contributed by atoms with Crippen LogP contribution in [-0.2, 0) is 0 Å².